The fraction of sp³-hybridized carbons (Fsp3) is 0.778. The van der Waals surface area contributed by atoms with Crippen LogP contribution in [-0.2, 0) is 17.8 Å². The van der Waals surface area contributed by atoms with E-state index >= 15 is 0 Å². The van der Waals surface area contributed by atoms with E-state index < -0.39 is 0 Å². The number of nitrogens with zero attached hydrogens (tertiary/aromatic N) is 5. The second-order valence-corrected chi connectivity index (χ2v) is 7.69. The van der Waals surface area contributed by atoms with Crippen LogP contribution in [0, 0.1) is 5.92 Å². The Hall–Kier alpha value is -2.12. The summed E-state index contributed by atoms with van der Waals surface area (Å²) < 4.78 is 1.84. The molecule has 26 heavy (non-hydrogen) atoms. The lowest BCUT2D eigenvalue weighted by atomic mass is 9.97. The molecule has 1 atom stereocenters. The summed E-state index contributed by atoms with van der Waals surface area (Å²) in [6, 6.07) is 0.352. The summed E-state index contributed by atoms with van der Waals surface area (Å²) in [4.78, 5) is 33.3. The largest absolute Gasteiger partial charge is 0.353 e. The highest BCUT2D eigenvalue weighted by Gasteiger charge is 2.30. The fourth-order valence-corrected chi connectivity index (χ4v) is 4.27. The van der Waals surface area contributed by atoms with Gasteiger partial charge in [-0.2, -0.15) is 5.10 Å². The number of amides is 3. The van der Waals surface area contributed by atoms with Crippen molar-refractivity contribution in [2.24, 2.45) is 5.92 Å². The van der Waals surface area contributed by atoms with Gasteiger partial charge in [-0.3, -0.25) is 4.79 Å². The number of rotatable bonds is 2. The molecule has 0 bridgehead atoms. The van der Waals surface area contributed by atoms with Gasteiger partial charge in [0.2, 0.25) is 5.91 Å². The predicted octanol–water partition coefficient (Wildman–Crippen LogP) is 1.03. The summed E-state index contributed by atoms with van der Waals surface area (Å²) in [6.07, 6.45) is 8.34. The van der Waals surface area contributed by atoms with Crippen LogP contribution in [0.5, 0.6) is 0 Å². The lowest BCUT2D eigenvalue weighted by Gasteiger charge is -2.37. The Morgan fingerprint density at radius 3 is 2.50 bits per heavy atom. The molecule has 2 fully saturated rings. The van der Waals surface area contributed by atoms with Gasteiger partial charge in [0.05, 0.1) is 12.5 Å². The van der Waals surface area contributed by atoms with Gasteiger partial charge < -0.3 is 15.1 Å². The molecule has 3 aliphatic rings. The molecule has 8 heteroatoms. The van der Waals surface area contributed by atoms with E-state index in [2.05, 4.69) is 15.4 Å². The third-order valence-electron chi connectivity index (χ3n) is 5.91. The van der Waals surface area contributed by atoms with E-state index in [0.717, 1.165) is 70.5 Å². The minimum atomic E-state index is -0.0304. The lowest BCUT2D eigenvalue weighted by molar-refractivity contribution is -0.127. The summed E-state index contributed by atoms with van der Waals surface area (Å²) in [5.74, 6) is 1.06. The number of fused-ring (bicyclic) bond motifs is 1. The standard InChI is InChI=1S/C18H28N6O2/c25-17(14-4-5-16-19-13-20-24(16)12-14)21-15-6-10-23(11-7-15)18(26)22-8-2-1-3-9-22/h13-15H,1-12H2,(H,21,25). The molecule has 1 N–H and O–H groups in total. The first-order valence-corrected chi connectivity index (χ1v) is 9.91. The van der Waals surface area contributed by atoms with E-state index in [-0.39, 0.29) is 23.9 Å². The second-order valence-electron chi connectivity index (χ2n) is 7.69. The van der Waals surface area contributed by atoms with Crippen molar-refractivity contribution in [2.45, 2.75) is 57.5 Å². The quantitative estimate of drug-likeness (QED) is 0.854. The number of aryl methyl sites for hydroxylation is 1. The van der Waals surface area contributed by atoms with Crippen molar-refractivity contribution in [3.63, 3.8) is 0 Å². The third kappa shape index (κ3) is 3.68. The zero-order chi connectivity index (χ0) is 17.9. The smallest absolute Gasteiger partial charge is 0.319 e. The van der Waals surface area contributed by atoms with Crippen molar-refractivity contribution >= 4 is 11.9 Å². The number of carbonyl (C=O) groups is 2. The molecule has 4 heterocycles. The first kappa shape index (κ1) is 17.3. The average Bonchev–Trinajstić information content (AvgIpc) is 3.16. The Labute approximate surface area is 153 Å². The fourth-order valence-electron chi connectivity index (χ4n) is 4.27. The number of nitrogens with one attached hydrogen (secondary N) is 1. The number of urea groups is 1. The van der Waals surface area contributed by atoms with E-state index in [9.17, 15) is 9.59 Å². The minimum absolute atomic E-state index is 0.0304. The molecule has 0 spiro atoms. The number of aromatic nitrogens is 3. The van der Waals surface area contributed by atoms with E-state index in [1.165, 1.54) is 6.42 Å². The molecule has 0 aliphatic carbocycles. The van der Waals surface area contributed by atoms with Crippen LogP contribution in [0.2, 0.25) is 0 Å². The molecule has 1 unspecified atom stereocenters. The lowest BCUT2D eigenvalue weighted by Crippen LogP contribution is -2.52. The van der Waals surface area contributed by atoms with Crippen molar-refractivity contribution < 1.29 is 9.59 Å². The van der Waals surface area contributed by atoms with E-state index in [4.69, 9.17) is 0 Å². The van der Waals surface area contributed by atoms with Crippen LogP contribution >= 0.6 is 0 Å². The van der Waals surface area contributed by atoms with Crippen molar-refractivity contribution in [1.82, 2.24) is 29.9 Å². The van der Waals surface area contributed by atoms with Gasteiger partial charge in [-0.05, 0) is 38.5 Å². The van der Waals surface area contributed by atoms with Gasteiger partial charge in [-0.1, -0.05) is 0 Å². The highest BCUT2D eigenvalue weighted by molar-refractivity contribution is 5.79. The Morgan fingerprint density at radius 2 is 1.73 bits per heavy atom. The minimum Gasteiger partial charge on any atom is -0.353 e. The summed E-state index contributed by atoms with van der Waals surface area (Å²) in [6.45, 7) is 3.87. The normalized spacial score (nSPS) is 24.2. The van der Waals surface area contributed by atoms with Crippen molar-refractivity contribution in [1.29, 1.82) is 0 Å². The molecule has 3 amide bonds. The van der Waals surface area contributed by atoms with Gasteiger partial charge in [0.25, 0.3) is 0 Å². The number of hydrogen-bond donors (Lipinski definition) is 1. The van der Waals surface area contributed by atoms with Gasteiger partial charge in [0.15, 0.2) is 0 Å². The molecule has 142 valence electrons. The Kier molecular flexibility index (Phi) is 5.08. The van der Waals surface area contributed by atoms with Gasteiger partial charge >= 0.3 is 6.03 Å². The van der Waals surface area contributed by atoms with Crippen molar-refractivity contribution in [3.8, 4) is 0 Å². The molecular formula is C18H28N6O2. The maximum atomic E-state index is 12.6. The monoisotopic (exact) mass is 360 g/mol. The van der Waals surface area contributed by atoms with Crippen LogP contribution in [0.3, 0.4) is 0 Å². The SMILES string of the molecule is O=C(NC1CCN(C(=O)N2CCCCC2)CC1)C1CCc2ncnn2C1. The van der Waals surface area contributed by atoms with Crippen LogP contribution in [0.15, 0.2) is 6.33 Å². The number of likely N-dealkylation sites (tertiary alicyclic amines) is 2. The second kappa shape index (κ2) is 7.63. The molecule has 0 saturated carbocycles. The topological polar surface area (TPSA) is 83.4 Å². The predicted molar refractivity (Wildman–Crippen MR) is 95.4 cm³/mol. The Balaban J connectivity index is 1.23. The number of piperidine rings is 2. The maximum Gasteiger partial charge on any atom is 0.319 e. The molecule has 2 saturated heterocycles. The van der Waals surface area contributed by atoms with Gasteiger partial charge in [-0.25, -0.2) is 14.5 Å². The Bertz CT molecular complexity index is 646. The van der Waals surface area contributed by atoms with E-state index in [1.807, 2.05) is 14.5 Å². The highest BCUT2D eigenvalue weighted by atomic mass is 16.2. The molecule has 0 aromatic carbocycles. The summed E-state index contributed by atoms with van der Waals surface area (Å²) in [5, 5.41) is 7.39. The van der Waals surface area contributed by atoms with Crippen LogP contribution in [0.4, 0.5) is 4.79 Å². The number of hydrogen-bond acceptors (Lipinski definition) is 4. The van der Waals surface area contributed by atoms with Crippen LogP contribution in [0.25, 0.3) is 0 Å². The van der Waals surface area contributed by atoms with Crippen molar-refractivity contribution in [2.75, 3.05) is 26.2 Å². The molecular weight excluding hydrogens is 332 g/mol. The first-order chi connectivity index (χ1) is 12.7. The Morgan fingerprint density at radius 1 is 1.00 bits per heavy atom. The van der Waals surface area contributed by atoms with Gasteiger partial charge in [-0.15, -0.1) is 0 Å². The molecule has 0 radical (unpaired) electrons. The highest BCUT2D eigenvalue weighted by Crippen LogP contribution is 2.20. The van der Waals surface area contributed by atoms with Gasteiger partial charge in [0, 0.05) is 38.6 Å². The van der Waals surface area contributed by atoms with Crippen molar-refractivity contribution in [3.05, 3.63) is 12.2 Å². The first-order valence-electron chi connectivity index (χ1n) is 9.91. The molecule has 8 nitrogen and oxygen atoms in total. The van der Waals surface area contributed by atoms with Crippen LogP contribution in [-0.4, -0.2) is 68.7 Å². The average molecular weight is 360 g/mol. The summed E-state index contributed by atoms with van der Waals surface area (Å²) in [7, 11) is 0. The molecule has 1 aromatic rings. The van der Waals surface area contributed by atoms with Gasteiger partial charge in [0.1, 0.15) is 12.2 Å². The van der Waals surface area contributed by atoms with Crippen LogP contribution < -0.4 is 5.32 Å². The molecule has 4 rings (SSSR count). The molecule has 3 aliphatic heterocycles. The maximum absolute atomic E-state index is 12.6. The molecule has 1 aromatic heterocycles. The zero-order valence-corrected chi connectivity index (χ0v) is 15.3. The third-order valence-corrected chi connectivity index (χ3v) is 5.91. The van der Waals surface area contributed by atoms with E-state index in [1.54, 1.807) is 6.33 Å². The van der Waals surface area contributed by atoms with E-state index in [0.29, 0.717) is 6.54 Å². The summed E-state index contributed by atoms with van der Waals surface area (Å²) >= 11 is 0. The van der Waals surface area contributed by atoms with Crippen LogP contribution in [0.1, 0.15) is 44.3 Å². The summed E-state index contributed by atoms with van der Waals surface area (Å²) in [5.41, 5.74) is 0. The number of carbonyl (C=O) groups excluding carboxylic acids is 2. The zero-order valence-electron chi connectivity index (χ0n) is 15.3.